The molecule has 1 aromatic carbocycles. The van der Waals surface area contributed by atoms with Gasteiger partial charge in [0, 0.05) is 6.42 Å². The van der Waals surface area contributed by atoms with Gasteiger partial charge in [-0.05, 0) is 17.7 Å². The lowest BCUT2D eigenvalue weighted by molar-refractivity contribution is -0.137. The lowest BCUT2D eigenvalue weighted by atomic mass is 10.1. The molecule has 1 heterocycles. The topological polar surface area (TPSA) is 105 Å². The molecule has 0 aliphatic heterocycles. The van der Waals surface area contributed by atoms with E-state index in [1.807, 2.05) is 0 Å². The molecule has 0 saturated heterocycles. The maximum Gasteiger partial charge on any atom is 0.307 e. The van der Waals surface area contributed by atoms with Gasteiger partial charge in [-0.3, -0.25) is 9.59 Å². The highest BCUT2D eigenvalue weighted by atomic mass is 16.4. The van der Waals surface area contributed by atoms with E-state index in [9.17, 15) is 9.59 Å². The van der Waals surface area contributed by atoms with Gasteiger partial charge in [0.25, 0.3) is 0 Å². The second kappa shape index (κ2) is 5.96. The van der Waals surface area contributed by atoms with Gasteiger partial charge in [-0.15, -0.1) is 5.10 Å². The van der Waals surface area contributed by atoms with Crippen LogP contribution in [0, 0.1) is 0 Å². The van der Waals surface area contributed by atoms with Crippen molar-refractivity contribution in [1.29, 1.82) is 0 Å². The Bertz CT molecular complexity index is 619. The Labute approximate surface area is 114 Å². The molecule has 2 rings (SSSR count). The summed E-state index contributed by atoms with van der Waals surface area (Å²) < 4.78 is 1.53. The Morgan fingerprint density at radius 3 is 2.40 bits per heavy atom. The van der Waals surface area contributed by atoms with Gasteiger partial charge in [0.1, 0.15) is 0 Å². The molecule has 20 heavy (non-hydrogen) atoms. The number of aromatic nitrogens is 3. The van der Waals surface area contributed by atoms with Crippen LogP contribution in [0.5, 0.6) is 0 Å². The molecular formula is C13H13N3O4. The van der Waals surface area contributed by atoms with E-state index in [4.69, 9.17) is 10.2 Å². The zero-order valence-electron chi connectivity index (χ0n) is 10.6. The zero-order valence-corrected chi connectivity index (χ0v) is 10.6. The summed E-state index contributed by atoms with van der Waals surface area (Å²) in [6.07, 6.45) is 1.97. The van der Waals surface area contributed by atoms with Crippen LogP contribution in [0.2, 0.25) is 0 Å². The molecule has 0 saturated carbocycles. The van der Waals surface area contributed by atoms with Crippen molar-refractivity contribution in [3.05, 3.63) is 41.7 Å². The number of carboxylic acids is 2. The number of aryl methyl sites for hydroxylation is 1. The van der Waals surface area contributed by atoms with E-state index in [0.29, 0.717) is 17.7 Å². The number of carboxylic acid groups (broad SMARTS) is 2. The third-order valence-corrected chi connectivity index (χ3v) is 2.69. The highest BCUT2D eigenvalue weighted by Crippen LogP contribution is 2.10. The average molecular weight is 275 g/mol. The van der Waals surface area contributed by atoms with Crippen LogP contribution < -0.4 is 0 Å². The third kappa shape index (κ3) is 3.64. The molecular weight excluding hydrogens is 262 g/mol. The first-order chi connectivity index (χ1) is 9.54. The fourth-order valence-electron chi connectivity index (χ4n) is 1.72. The predicted molar refractivity (Wildman–Crippen MR) is 68.7 cm³/mol. The van der Waals surface area contributed by atoms with E-state index in [2.05, 4.69) is 10.3 Å². The minimum Gasteiger partial charge on any atom is -0.481 e. The first-order valence-electron chi connectivity index (χ1n) is 5.99. The first-order valence-corrected chi connectivity index (χ1v) is 5.99. The Morgan fingerprint density at radius 2 is 1.80 bits per heavy atom. The Morgan fingerprint density at radius 1 is 1.10 bits per heavy atom. The Kier molecular flexibility index (Phi) is 4.09. The number of nitrogens with zero attached hydrogens (tertiary/aromatic N) is 3. The summed E-state index contributed by atoms with van der Waals surface area (Å²) in [4.78, 5) is 21.1. The fraction of sp³-hybridized carbons (Fsp3) is 0.231. The summed E-state index contributed by atoms with van der Waals surface area (Å²) >= 11 is 0. The summed E-state index contributed by atoms with van der Waals surface area (Å²) in [7, 11) is 0. The van der Waals surface area contributed by atoms with Crippen LogP contribution in [0.1, 0.15) is 17.7 Å². The van der Waals surface area contributed by atoms with Crippen LogP contribution in [0.4, 0.5) is 0 Å². The maximum absolute atomic E-state index is 10.6. The summed E-state index contributed by atoms with van der Waals surface area (Å²) in [6.45, 7) is 0. The van der Waals surface area contributed by atoms with Crippen molar-refractivity contribution in [3.63, 3.8) is 0 Å². The van der Waals surface area contributed by atoms with Crippen molar-refractivity contribution in [2.75, 3.05) is 0 Å². The number of carbonyl (C=O) groups is 2. The van der Waals surface area contributed by atoms with Gasteiger partial charge >= 0.3 is 11.9 Å². The van der Waals surface area contributed by atoms with Crippen molar-refractivity contribution in [3.8, 4) is 5.69 Å². The normalized spacial score (nSPS) is 10.4. The average Bonchev–Trinajstić information content (AvgIpc) is 2.85. The molecule has 2 N–H and O–H groups in total. The Hall–Kier alpha value is -2.70. The standard InChI is InChI=1S/C13H13N3O4/c17-12(18)6-3-10-8-16(15-14-10)11-4-1-9(2-5-11)7-13(19)20/h1-2,4-5,8H,3,6-7H2,(H,17,18)(H,19,20). The zero-order chi connectivity index (χ0) is 14.5. The van der Waals surface area contributed by atoms with E-state index in [1.54, 1.807) is 30.5 Å². The largest absolute Gasteiger partial charge is 0.481 e. The van der Waals surface area contributed by atoms with E-state index in [0.717, 1.165) is 5.69 Å². The van der Waals surface area contributed by atoms with Crippen LogP contribution in [-0.4, -0.2) is 37.1 Å². The van der Waals surface area contributed by atoms with Gasteiger partial charge in [-0.2, -0.15) is 0 Å². The highest BCUT2D eigenvalue weighted by Gasteiger charge is 2.06. The number of rotatable bonds is 6. The molecule has 0 aliphatic rings. The van der Waals surface area contributed by atoms with Gasteiger partial charge in [0.15, 0.2) is 0 Å². The molecule has 0 spiro atoms. The summed E-state index contributed by atoms with van der Waals surface area (Å²) in [6, 6.07) is 6.91. The van der Waals surface area contributed by atoms with E-state index < -0.39 is 11.9 Å². The van der Waals surface area contributed by atoms with Gasteiger partial charge in [-0.25, -0.2) is 4.68 Å². The van der Waals surface area contributed by atoms with Crippen molar-refractivity contribution >= 4 is 11.9 Å². The van der Waals surface area contributed by atoms with Crippen molar-refractivity contribution in [1.82, 2.24) is 15.0 Å². The number of aliphatic carboxylic acids is 2. The lowest BCUT2D eigenvalue weighted by Gasteiger charge is -2.01. The van der Waals surface area contributed by atoms with Gasteiger partial charge in [0.05, 0.1) is 30.4 Å². The second-order valence-electron chi connectivity index (χ2n) is 4.29. The number of benzene rings is 1. The molecule has 0 unspecified atom stereocenters. The van der Waals surface area contributed by atoms with Crippen LogP contribution >= 0.6 is 0 Å². The predicted octanol–water partition coefficient (Wildman–Crippen LogP) is 0.912. The SMILES string of the molecule is O=C(O)CCc1cn(-c2ccc(CC(=O)O)cc2)nn1. The molecule has 7 heteroatoms. The molecule has 2 aromatic rings. The van der Waals surface area contributed by atoms with Crippen LogP contribution in [0.3, 0.4) is 0 Å². The minimum absolute atomic E-state index is 0.0102. The second-order valence-corrected chi connectivity index (χ2v) is 4.29. The van der Waals surface area contributed by atoms with Gasteiger partial charge in [-0.1, -0.05) is 17.3 Å². The Balaban J connectivity index is 2.07. The number of hydrogen-bond donors (Lipinski definition) is 2. The van der Waals surface area contributed by atoms with E-state index in [1.165, 1.54) is 4.68 Å². The molecule has 0 radical (unpaired) electrons. The molecule has 0 amide bonds. The quantitative estimate of drug-likeness (QED) is 0.811. The van der Waals surface area contributed by atoms with Crippen molar-refractivity contribution in [2.24, 2.45) is 0 Å². The van der Waals surface area contributed by atoms with Crippen LogP contribution in [0.15, 0.2) is 30.5 Å². The minimum atomic E-state index is -0.880. The third-order valence-electron chi connectivity index (χ3n) is 2.69. The van der Waals surface area contributed by atoms with Gasteiger partial charge in [0.2, 0.25) is 0 Å². The molecule has 0 fully saturated rings. The highest BCUT2D eigenvalue weighted by molar-refractivity contribution is 5.70. The van der Waals surface area contributed by atoms with Gasteiger partial charge < -0.3 is 10.2 Å². The number of hydrogen-bond acceptors (Lipinski definition) is 4. The summed E-state index contributed by atoms with van der Waals surface area (Å²) in [5.74, 6) is -1.76. The molecule has 7 nitrogen and oxygen atoms in total. The maximum atomic E-state index is 10.6. The molecule has 0 bridgehead atoms. The summed E-state index contributed by atoms with van der Waals surface area (Å²) in [5.41, 5.74) is 2.04. The molecule has 104 valence electrons. The summed E-state index contributed by atoms with van der Waals surface area (Å²) in [5, 5.41) is 25.1. The lowest BCUT2D eigenvalue weighted by Crippen LogP contribution is -2.01. The van der Waals surface area contributed by atoms with Crippen molar-refractivity contribution in [2.45, 2.75) is 19.3 Å². The van der Waals surface area contributed by atoms with Crippen LogP contribution in [0.25, 0.3) is 5.69 Å². The molecule has 0 atom stereocenters. The van der Waals surface area contributed by atoms with Crippen LogP contribution in [-0.2, 0) is 22.4 Å². The first kappa shape index (κ1) is 13.7. The molecule has 0 aliphatic carbocycles. The fourth-order valence-corrected chi connectivity index (χ4v) is 1.72. The monoisotopic (exact) mass is 275 g/mol. The van der Waals surface area contributed by atoms with E-state index >= 15 is 0 Å². The smallest absolute Gasteiger partial charge is 0.307 e. The van der Waals surface area contributed by atoms with E-state index in [-0.39, 0.29) is 12.8 Å². The van der Waals surface area contributed by atoms with Crippen molar-refractivity contribution < 1.29 is 19.8 Å². The molecule has 1 aromatic heterocycles.